The average Bonchev–Trinajstić information content (AvgIpc) is 2.80. The van der Waals surface area contributed by atoms with Crippen LogP contribution in [0.4, 0.5) is 0 Å². The lowest BCUT2D eigenvalue weighted by Gasteiger charge is -2.04. The lowest BCUT2D eigenvalue weighted by atomic mass is 10.1. The molecule has 3 nitrogen and oxygen atoms in total. The molecule has 0 spiro atoms. The predicted molar refractivity (Wildman–Crippen MR) is 65.1 cm³/mol. The summed E-state index contributed by atoms with van der Waals surface area (Å²) in [5, 5.41) is 5.74. The number of carbonyl (C=O) groups excluding carboxylic acids is 1. The van der Waals surface area contributed by atoms with Crippen LogP contribution >= 0.6 is 11.3 Å². The summed E-state index contributed by atoms with van der Waals surface area (Å²) < 4.78 is 0. The van der Waals surface area contributed by atoms with Crippen LogP contribution in [-0.2, 0) is 11.3 Å². The molecule has 1 heterocycles. The van der Waals surface area contributed by atoms with Gasteiger partial charge in [0.05, 0.1) is 0 Å². The second-order valence-electron chi connectivity index (χ2n) is 3.45. The Hall–Kier alpha value is -1.68. The molecule has 2 rings (SSSR count). The number of amides is 1. The van der Waals surface area contributed by atoms with Gasteiger partial charge in [0.2, 0.25) is 5.91 Å². The van der Waals surface area contributed by atoms with Gasteiger partial charge in [-0.1, -0.05) is 18.2 Å². The summed E-state index contributed by atoms with van der Waals surface area (Å²) in [4.78, 5) is 15.1. The Morgan fingerprint density at radius 1 is 1.50 bits per heavy atom. The van der Waals surface area contributed by atoms with Gasteiger partial charge in [0.25, 0.3) is 0 Å². The van der Waals surface area contributed by atoms with E-state index < -0.39 is 0 Å². The van der Waals surface area contributed by atoms with Gasteiger partial charge in [0.1, 0.15) is 5.01 Å². The van der Waals surface area contributed by atoms with Gasteiger partial charge >= 0.3 is 0 Å². The Morgan fingerprint density at radius 2 is 2.38 bits per heavy atom. The zero-order chi connectivity index (χ0) is 11.4. The number of hydrogen-bond donors (Lipinski definition) is 1. The maximum absolute atomic E-state index is 10.8. The van der Waals surface area contributed by atoms with Crippen molar-refractivity contribution in [2.45, 2.75) is 13.5 Å². The number of hydrogen-bond acceptors (Lipinski definition) is 3. The number of benzene rings is 1. The second kappa shape index (κ2) is 4.90. The van der Waals surface area contributed by atoms with Crippen molar-refractivity contribution >= 4 is 17.2 Å². The molecule has 1 N–H and O–H groups in total. The van der Waals surface area contributed by atoms with Crippen molar-refractivity contribution in [1.82, 2.24) is 10.3 Å². The van der Waals surface area contributed by atoms with Crippen LogP contribution < -0.4 is 5.32 Å². The third-order valence-corrected chi connectivity index (χ3v) is 2.97. The summed E-state index contributed by atoms with van der Waals surface area (Å²) in [5.74, 6) is -0.0142. The fourth-order valence-electron chi connectivity index (χ4n) is 1.41. The van der Waals surface area contributed by atoms with Crippen molar-refractivity contribution < 1.29 is 4.79 Å². The molecule has 0 aliphatic heterocycles. The third-order valence-electron chi connectivity index (χ3n) is 2.15. The third kappa shape index (κ3) is 2.67. The highest BCUT2D eigenvalue weighted by atomic mass is 32.1. The minimum Gasteiger partial charge on any atom is -0.352 e. The molecule has 1 aromatic carbocycles. The van der Waals surface area contributed by atoms with Crippen LogP contribution in [0.3, 0.4) is 0 Å². The molecule has 1 amide bonds. The first-order chi connectivity index (χ1) is 7.75. The number of rotatable bonds is 3. The van der Waals surface area contributed by atoms with Crippen molar-refractivity contribution in [1.29, 1.82) is 0 Å². The maximum Gasteiger partial charge on any atom is 0.217 e. The van der Waals surface area contributed by atoms with Crippen LogP contribution in [0.15, 0.2) is 35.8 Å². The lowest BCUT2D eigenvalue weighted by molar-refractivity contribution is -0.119. The molecular formula is C12H12N2OS. The van der Waals surface area contributed by atoms with Crippen molar-refractivity contribution in [3.05, 3.63) is 41.4 Å². The first kappa shape index (κ1) is 10.8. The fourth-order valence-corrected chi connectivity index (χ4v) is 2.04. The molecule has 16 heavy (non-hydrogen) atoms. The molecule has 0 bridgehead atoms. The van der Waals surface area contributed by atoms with E-state index >= 15 is 0 Å². The highest BCUT2D eigenvalue weighted by Gasteiger charge is 2.01. The van der Waals surface area contributed by atoms with Crippen LogP contribution in [0, 0.1) is 0 Å². The van der Waals surface area contributed by atoms with E-state index in [-0.39, 0.29) is 5.91 Å². The fraction of sp³-hybridized carbons (Fsp3) is 0.167. The van der Waals surface area contributed by atoms with Gasteiger partial charge in [0, 0.05) is 30.6 Å². The van der Waals surface area contributed by atoms with E-state index in [1.165, 1.54) is 6.92 Å². The van der Waals surface area contributed by atoms with Gasteiger partial charge in [-0.2, -0.15) is 0 Å². The summed E-state index contributed by atoms with van der Waals surface area (Å²) in [7, 11) is 0. The molecule has 1 aromatic heterocycles. The SMILES string of the molecule is CC(=O)NCc1cccc(-c2nccs2)c1. The van der Waals surface area contributed by atoms with Crippen LogP contribution in [0.1, 0.15) is 12.5 Å². The zero-order valence-electron chi connectivity index (χ0n) is 8.93. The Bertz CT molecular complexity index is 480. The van der Waals surface area contributed by atoms with Gasteiger partial charge in [-0.3, -0.25) is 4.79 Å². The van der Waals surface area contributed by atoms with Crippen molar-refractivity contribution in [3.63, 3.8) is 0 Å². The highest BCUT2D eigenvalue weighted by molar-refractivity contribution is 7.13. The standard InChI is InChI=1S/C12H12N2OS/c1-9(15)14-8-10-3-2-4-11(7-10)12-13-5-6-16-12/h2-7H,8H2,1H3,(H,14,15). The highest BCUT2D eigenvalue weighted by Crippen LogP contribution is 2.22. The van der Waals surface area contributed by atoms with E-state index in [1.54, 1.807) is 17.5 Å². The van der Waals surface area contributed by atoms with Crippen LogP contribution in [0.5, 0.6) is 0 Å². The van der Waals surface area contributed by atoms with Crippen LogP contribution in [0.25, 0.3) is 10.6 Å². The first-order valence-corrected chi connectivity index (χ1v) is 5.87. The van der Waals surface area contributed by atoms with E-state index in [4.69, 9.17) is 0 Å². The Morgan fingerprint density at radius 3 is 3.06 bits per heavy atom. The lowest BCUT2D eigenvalue weighted by Crippen LogP contribution is -2.18. The minimum atomic E-state index is -0.0142. The predicted octanol–water partition coefficient (Wildman–Crippen LogP) is 2.45. The van der Waals surface area contributed by atoms with Crippen LogP contribution in [0.2, 0.25) is 0 Å². The number of thiazole rings is 1. The molecule has 0 saturated carbocycles. The number of nitrogens with zero attached hydrogens (tertiary/aromatic N) is 1. The molecule has 0 radical (unpaired) electrons. The molecular weight excluding hydrogens is 220 g/mol. The van der Waals surface area contributed by atoms with Crippen LogP contribution in [-0.4, -0.2) is 10.9 Å². The molecule has 0 fully saturated rings. The topological polar surface area (TPSA) is 42.0 Å². The van der Waals surface area contributed by atoms with Gasteiger partial charge < -0.3 is 5.32 Å². The van der Waals surface area contributed by atoms with E-state index in [1.807, 2.05) is 23.6 Å². The quantitative estimate of drug-likeness (QED) is 0.883. The van der Waals surface area contributed by atoms with Gasteiger partial charge in [-0.25, -0.2) is 4.98 Å². The van der Waals surface area contributed by atoms with E-state index in [2.05, 4.69) is 16.4 Å². The molecule has 0 aliphatic carbocycles. The maximum atomic E-state index is 10.8. The van der Waals surface area contributed by atoms with Gasteiger partial charge in [0.15, 0.2) is 0 Å². The largest absolute Gasteiger partial charge is 0.352 e. The van der Waals surface area contributed by atoms with Crippen molar-refractivity contribution in [3.8, 4) is 10.6 Å². The zero-order valence-corrected chi connectivity index (χ0v) is 9.75. The number of nitrogens with one attached hydrogen (secondary N) is 1. The summed E-state index contributed by atoms with van der Waals surface area (Å²) in [5.41, 5.74) is 2.18. The molecule has 4 heteroatoms. The summed E-state index contributed by atoms with van der Waals surface area (Å²) in [6.45, 7) is 2.08. The number of carbonyl (C=O) groups is 1. The van der Waals surface area contributed by atoms with E-state index in [0.29, 0.717) is 6.54 Å². The molecule has 0 atom stereocenters. The Balaban J connectivity index is 2.17. The van der Waals surface area contributed by atoms with E-state index in [0.717, 1.165) is 16.1 Å². The molecule has 2 aromatic rings. The summed E-state index contributed by atoms with van der Waals surface area (Å²) >= 11 is 1.61. The first-order valence-electron chi connectivity index (χ1n) is 4.99. The van der Waals surface area contributed by atoms with Crippen molar-refractivity contribution in [2.24, 2.45) is 0 Å². The molecule has 0 unspecified atom stereocenters. The average molecular weight is 232 g/mol. The normalized spacial score (nSPS) is 10.1. The van der Waals surface area contributed by atoms with E-state index in [9.17, 15) is 4.79 Å². The van der Waals surface area contributed by atoms with Crippen molar-refractivity contribution in [2.75, 3.05) is 0 Å². The molecule has 82 valence electrons. The molecule has 0 aliphatic rings. The second-order valence-corrected chi connectivity index (χ2v) is 4.34. The Kier molecular flexibility index (Phi) is 3.31. The smallest absolute Gasteiger partial charge is 0.217 e. The van der Waals surface area contributed by atoms with Gasteiger partial charge in [-0.05, 0) is 11.6 Å². The molecule has 0 saturated heterocycles. The summed E-state index contributed by atoms with van der Waals surface area (Å²) in [6.07, 6.45) is 1.79. The minimum absolute atomic E-state index is 0.0142. The monoisotopic (exact) mass is 232 g/mol. The Labute approximate surface area is 98.2 Å². The number of aromatic nitrogens is 1. The summed E-state index contributed by atoms with van der Waals surface area (Å²) in [6, 6.07) is 8.05. The van der Waals surface area contributed by atoms with Gasteiger partial charge in [-0.15, -0.1) is 11.3 Å².